The molecule has 2 aromatic heterocycles. The van der Waals surface area contributed by atoms with Crippen LogP contribution in [0.4, 0.5) is 0 Å². The van der Waals surface area contributed by atoms with E-state index >= 15 is 0 Å². The van der Waals surface area contributed by atoms with Gasteiger partial charge in [-0.3, -0.25) is 5.41 Å². The number of pyridine rings is 2. The third-order valence-electron chi connectivity index (χ3n) is 12.6. The first-order chi connectivity index (χ1) is 29.2. The second-order valence-corrected chi connectivity index (χ2v) is 20.4. The Kier molecular flexibility index (Phi) is 9.12. The highest BCUT2D eigenvalue weighted by Crippen LogP contribution is 2.50. The zero-order valence-electron chi connectivity index (χ0n) is 35.5. The normalized spacial score (nSPS) is 15.1. The second-order valence-electron chi connectivity index (χ2n) is 18.3. The van der Waals surface area contributed by atoms with Crippen molar-refractivity contribution in [2.75, 3.05) is 0 Å². The van der Waals surface area contributed by atoms with Crippen LogP contribution in [0, 0.1) is 5.41 Å². The van der Waals surface area contributed by atoms with Gasteiger partial charge in [-0.05, 0) is 110 Å². The first kappa shape index (κ1) is 39.1. The van der Waals surface area contributed by atoms with Crippen LogP contribution in [0.3, 0.4) is 0 Å². The summed E-state index contributed by atoms with van der Waals surface area (Å²) >= 11 is 2.88. The van der Waals surface area contributed by atoms with Crippen LogP contribution in [0.5, 0.6) is 0 Å². The SMILES string of the molecule is CC(C)(C)c1cc(C(=N)SC(=[NH2+])c2cccc(-c3ccc4c(c3)C(C)(C)c3ccccc3-4)n2)cc(C2=[N+]=C(c3cccc(-c4ccc5c(c4)C(C)(C)c4ccccc4-5)n3)S2)c1. The first-order valence-corrected chi connectivity index (χ1v) is 22.4. The van der Waals surface area contributed by atoms with Gasteiger partial charge in [0, 0.05) is 39.3 Å². The summed E-state index contributed by atoms with van der Waals surface area (Å²) in [6.45, 7) is 15.8. The molecule has 0 fully saturated rings. The first-order valence-electron chi connectivity index (χ1n) is 20.8. The van der Waals surface area contributed by atoms with Gasteiger partial charge in [-0.15, -0.1) is 0 Å². The number of benzene rings is 5. The van der Waals surface area contributed by atoms with E-state index in [-0.39, 0.29) is 16.2 Å². The summed E-state index contributed by atoms with van der Waals surface area (Å²) in [4.78, 5) is 10.1. The predicted octanol–water partition coefficient (Wildman–Crippen LogP) is 11.0. The van der Waals surface area contributed by atoms with Crippen LogP contribution in [0.25, 0.3) is 44.8 Å². The van der Waals surface area contributed by atoms with Crippen molar-refractivity contribution < 1.29 is 5.41 Å². The number of rotatable bonds is 6. The number of fused-ring (bicyclic) bond motifs is 6. The minimum Gasteiger partial charge on any atom is -0.293 e. The maximum absolute atomic E-state index is 9.29. The highest BCUT2D eigenvalue weighted by atomic mass is 32.2. The maximum Gasteiger partial charge on any atom is 0.399 e. The summed E-state index contributed by atoms with van der Waals surface area (Å²) in [5.41, 5.74) is 18.6. The molecule has 0 radical (unpaired) electrons. The van der Waals surface area contributed by atoms with E-state index in [1.807, 2.05) is 24.3 Å². The molecule has 3 aliphatic rings. The van der Waals surface area contributed by atoms with Crippen LogP contribution < -0.4 is 10.1 Å². The van der Waals surface area contributed by atoms with E-state index in [0.717, 1.165) is 55.0 Å². The number of nitrogens with zero attached hydrogens (tertiary/aromatic N) is 3. The predicted molar refractivity (Wildman–Crippen MR) is 258 cm³/mol. The lowest BCUT2D eigenvalue weighted by atomic mass is 9.82. The van der Waals surface area contributed by atoms with Crippen molar-refractivity contribution in [3.63, 3.8) is 0 Å². The fraction of sp³-hybridized carbons (Fsp3) is 0.185. The summed E-state index contributed by atoms with van der Waals surface area (Å²) in [5.74, 6) is 0. The highest BCUT2D eigenvalue weighted by Gasteiger charge is 2.39. The smallest absolute Gasteiger partial charge is 0.293 e. The molecule has 0 atom stereocenters. The molecule has 10 rings (SSSR count). The zero-order valence-corrected chi connectivity index (χ0v) is 37.1. The minimum absolute atomic E-state index is 0.0761. The highest BCUT2D eigenvalue weighted by molar-refractivity contribution is 8.28. The van der Waals surface area contributed by atoms with Crippen molar-refractivity contribution >= 4 is 43.7 Å². The van der Waals surface area contributed by atoms with Crippen LogP contribution in [0.15, 0.2) is 140 Å². The average Bonchev–Trinajstić information content (AvgIpc) is 3.61. The molecule has 0 saturated carbocycles. The number of nitrogens with one attached hydrogen (secondary N) is 1. The molecular weight excluding hydrogens is 783 g/mol. The summed E-state index contributed by atoms with van der Waals surface area (Å²) in [6.07, 6.45) is 0. The molecule has 3 N–H and O–H groups in total. The van der Waals surface area contributed by atoms with Gasteiger partial charge in [0.05, 0.1) is 28.7 Å². The Morgan fingerprint density at radius 2 is 1.10 bits per heavy atom. The maximum atomic E-state index is 9.29. The van der Waals surface area contributed by atoms with Crippen molar-refractivity contribution in [2.45, 2.75) is 64.7 Å². The average molecular weight is 830 g/mol. The molecule has 7 heteroatoms. The van der Waals surface area contributed by atoms with Gasteiger partial charge in [-0.2, -0.15) is 0 Å². The van der Waals surface area contributed by atoms with Crippen LogP contribution in [0.2, 0.25) is 0 Å². The largest absolute Gasteiger partial charge is 0.399 e. The molecule has 7 aromatic rings. The van der Waals surface area contributed by atoms with E-state index < -0.39 is 0 Å². The van der Waals surface area contributed by atoms with Crippen LogP contribution >= 0.6 is 23.5 Å². The number of hydrogen-bond donors (Lipinski definition) is 2. The Morgan fingerprint density at radius 3 is 1.69 bits per heavy atom. The second kappa shape index (κ2) is 14.2. The molecule has 61 heavy (non-hydrogen) atoms. The van der Waals surface area contributed by atoms with Crippen molar-refractivity contribution in [1.82, 2.24) is 14.6 Å². The van der Waals surface area contributed by atoms with Gasteiger partial charge < -0.3 is 0 Å². The summed E-state index contributed by atoms with van der Waals surface area (Å²) in [5, 5.41) is 18.7. The fourth-order valence-electron chi connectivity index (χ4n) is 9.13. The Bertz CT molecular complexity index is 3100. The third-order valence-corrected chi connectivity index (χ3v) is 14.5. The molecule has 0 spiro atoms. The van der Waals surface area contributed by atoms with Crippen molar-refractivity contribution in [2.24, 2.45) is 0 Å². The fourth-order valence-corrected chi connectivity index (χ4v) is 10.6. The number of thioether (sulfide) groups is 2. The zero-order chi connectivity index (χ0) is 42.4. The molecule has 5 nitrogen and oxygen atoms in total. The van der Waals surface area contributed by atoms with E-state index in [1.165, 1.54) is 56.3 Å². The van der Waals surface area contributed by atoms with Gasteiger partial charge in [0.1, 0.15) is 10.7 Å². The summed E-state index contributed by atoms with van der Waals surface area (Å²) < 4.78 is 5.03. The summed E-state index contributed by atoms with van der Waals surface area (Å²) in [6, 6.07) is 49.3. The van der Waals surface area contributed by atoms with Gasteiger partial charge in [0.25, 0.3) is 5.04 Å². The molecule has 298 valence electrons. The quantitative estimate of drug-likeness (QED) is 0.0992. The molecule has 0 unspecified atom stereocenters. The number of hydrogen-bond acceptors (Lipinski definition) is 5. The van der Waals surface area contributed by atoms with E-state index in [4.69, 9.17) is 20.0 Å². The van der Waals surface area contributed by atoms with Crippen molar-refractivity contribution in [3.05, 3.63) is 190 Å². The van der Waals surface area contributed by atoms with Crippen molar-refractivity contribution in [1.29, 1.82) is 5.41 Å². The standard InChI is InChI=1S/C54H46N5S2/c1-52(2,3)35-27-33(48(55)60-49(56)46-20-12-18-44(57-46)31-22-24-38-36-14-8-10-16-40(36)53(4,5)42(38)29-31)26-34(28-35)50-59-51(61-50)47-21-13-19-45(58-47)32-23-25-39-37-15-9-11-17-41(37)54(6,7)43(39)30-32/h8-30,55-56H,1-7H3/q+1/p+1. The molecule has 5 aromatic carbocycles. The Hall–Kier alpha value is -6.11. The summed E-state index contributed by atoms with van der Waals surface area (Å²) in [7, 11) is 0. The molecule has 0 bridgehead atoms. The lowest BCUT2D eigenvalue weighted by Gasteiger charge is -2.21. The third kappa shape index (κ3) is 6.63. The molecular formula is C54H47N5S2+2. The van der Waals surface area contributed by atoms with Crippen LogP contribution in [-0.4, -0.2) is 30.1 Å². The van der Waals surface area contributed by atoms with E-state index in [1.54, 1.807) is 11.8 Å². The van der Waals surface area contributed by atoms with E-state index in [2.05, 4.69) is 164 Å². The van der Waals surface area contributed by atoms with Gasteiger partial charge in [-0.1, -0.05) is 138 Å². The minimum atomic E-state index is -0.143. The van der Waals surface area contributed by atoms with Crippen LogP contribution in [-0.2, 0) is 16.2 Å². The Balaban J connectivity index is 0.903. The van der Waals surface area contributed by atoms with E-state index in [9.17, 15) is 5.41 Å². The van der Waals surface area contributed by atoms with Gasteiger partial charge in [0.2, 0.25) is 0 Å². The van der Waals surface area contributed by atoms with Gasteiger partial charge >= 0.3 is 10.1 Å². The number of nitrogens with two attached hydrogens (primary N) is 1. The molecule has 1 aliphatic heterocycles. The Labute approximate surface area is 366 Å². The van der Waals surface area contributed by atoms with Gasteiger partial charge in [-0.25, -0.2) is 15.4 Å². The lowest BCUT2D eigenvalue weighted by molar-refractivity contribution is -0.107. The number of aromatic nitrogens is 2. The van der Waals surface area contributed by atoms with Crippen LogP contribution in [0.1, 0.15) is 98.8 Å². The molecule has 0 amide bonds. The molecule has 2 aliphatic carbocycles. The lowest BCUT2D eigenvalue weighted by Crippen LogP contribution is -2.39. The van der Waals surface area contributed by atoms with Crippen molar-refractivity contribution in [3.8, 4) is 44.8 Å². The molecule has 0 saturated heterocycles. The Morgan fingerprint density at radius 1 is 0.574 bits per heavy atom. The van der Waals surface area contributed by atoms with Gasteiger partial charge in [0.15, 0.2) is 5.69 Å². The van der Waals surface area contributed by atoms with E-state index in [0.29, 0.717) is 15.8 Å². The molecule has 3 heterocycles. The topological polar surface area (TPSA) is 89.3 Å². The monoisotopic (exact) mass is 829 g/mol.